The molecule has 1 amide bonds. The van der Waals surface area contributed by atoms with Crippen molar-refractivity contribution in [1.29, 1.82) is 0 Å². The van der Waals surface area contributed by atoms with Crippen molar-refractivity contribution >= 4 is 17.6 Å². The fourth-order valence-corrected chi connectivity index (χ4v) is 2.89. The zero-order valence-electron chi connectivity index (χ0n) is 16.3. The molecule has 1 heterocycles. The Labute approximate surface area is 169 Å². The van der Waals surface area contributed by atoms with Crippen LogP contribution in [0.3, 0.4) is 0 Å². The number of para-hydroxylation sites is 1. The summed E-state index contributed by atoms with van der Waals surface area (Å²) in [7, 11) is 0. The van der Waals surface area contributed by atoms with Crippen molar-refractivity contribution < 1.29 is 4.79 Å². The Bertz CT molecular complexity index is 885. The van der Waals surface area contributed by atoms with Crippen LogP contribution in [0, 0.1) is 0 Å². The molecular weight excluding hydrogens is 378 g/mol. The summed E-state index contributed by atoms with van der Waals surface area (Å²) >= 11 is 6.12. The maximum atomic E-state index is 12.8. The maximum Gasteiger partial charge on any atom is 0.377 e. The molecule has 1 aromatic carbocycles. The molecule has 1 aromatic heterocycles. The number of nitrogens with zero attached hydrogens (tertiary/aromatic N) is 5. The number of unbranched alkanes of at least 4 members (excludes halogenated alkanes) is 1. The molecular formula is C20H26ClN5O2. The maximum absolute atomic E-state index is 12.8. The van der Waals surface area contributed by atoms with E-state index >= 15 is 0 Å². The van der Waals surface area contributed by atoms with Crippen molar-refractivity contribution in [1.82, 2.24) is 24.7 Å². The van der Waals surface area contributed by atoms with Crippen molar-refractivity contribution in [2.75, 3.05) is 13.1 Å². The lowest BCUT2D eigenvalue weighted by molar-refractivity contribution is 0.194. The Balaban J connectivity index is 2.08. The predicted octanol–water partition coefficient (Wildman–Crippen LogP) is 4.07. The van der Waals surface area contributed by atoms with Crippen LogP contribution in [0.1, 0.15) is 39.5 Å². The Morgan fingerprint density at radius 3 is 2.68 bits per heavy atom. The molecule has 0 atom stereocenters. The molecule has 0 saturated heterocycles. The van der Waals surface area contributed by atoms with E-state index in [2.05, 4.69) is 28.7 Å². The lowest BCUT2D eigenvalue weighted by Gasteiger charge is -2.20. The third-order valence-electron chi connectivity index (χ3n) is 4.08. The van der Waals surface area contributed by atoms with Crippen molar-refractivity contribution in [3.8, 4) is 5.69 Å². The van der Waals surface area contributed by atoms with Gasteiger partial charge in [-0.3, -0.25) is 0 Å². The summed E-state index contributed by atoms with van der Waals surface area (Å²) in [6.07, 6.45) is 11.7. The van der Waals surface area contributed by atoms with E-state index in [0.717, 1.165) is 35.0 Å². The van der Waals surface area contributed by atoms with Gasteiger partial charge in [-0.05, 0) is 55.2 Å². The van der Waals surface area contributed by atoms with Crippen LogP contribution in [0.25, 0.3) is 5.69 Å². The molecule has 0 aliphatic rings. The number of allylic oxidation sites excluding steroid dienone is 4. The molecule has 8 heteroatoms. The van der Waals surface area contributed by atoms with Crippen LogP contribution >= 0.6 is 11.6 Å². The van der Waals surface area contributed by atoms with E-state index < -0.39 is 11.7 Å². The molecule has 7 nitrogen and oxygen atoms in total. The topological polar surface area (TPSA) is 73.0 Å². The van der Waals surface area contributed by atoms with E-state index in [1.807, 2.05) is 19.9 Å². The minimum atomic E-state index is -0.634. The molecule has 0 aliphatic heterocycles. The van der Waals surface area contributed by atoms with Crippen LogP contribution in [-0.2, 0) is 0 Å². The van der Waals surface area contributed by atoms with Gasteiger partial charge in [0.25, 0.3) is 0 Å². The summed E-state index contributed by atoms with van der Waals surface area (Å²) in [5.41, 5.74) is -0.244. The molecule has 2 aromatic rings. The van der Waals surface area contributed by atoms with Gasteiger partial charge in [0.05, 0.1) is 10.7 Å². The number of carbonyl (C=O) groups excluding carboxylic acids is 1. The van der Waals surface area contributed by atoms with Gasteiger partial charge in [0.15, 0.2) is 0 Å². The number of tetrazole rings is 1. The van der Waals surface area contributed by atoms with E-state index in [1.54, 1.807) is 29.2 Å². The number of rotatable bonds is 9. The second kappa shape index (κ2) is 11.2. The summed E-state index contributed by atoms with van der Waals surface area (Å²) in [6, 6.07) is 6.32. The molecule has 0 spiro atoms. The number of carbonyl (C=O) groups is 1. The number of aromatic nitrogens is 4. The van der Waals surface area contributed by atoms with Gasteiger partial charge < -0.3 is 4.90 Å². The van der Waals surface area contributed by atoms with Crippen molar-refractivity contribution in [3.05, 3.63) is 64.1 Å². The van der Waals surface area contributed by atoms with Crippen molar-refractivity contribution in [2.45, 2.75) is 39.5 Å². The van der Waals surface area contributed by atoms with E-state index in [-0.39, 0.29) is 0 Å². The Morgan fingerprint density at radius 2 is 1.96 bits per heavy atom. The largest absolute Gasteiger partial charge is 0.377 e. The first-order valence-electron chi connectivity index (χ1n) is 9.45. The molecule has 0 unspecified atom stereocenters. The highest BCUT2D eigenvalue weighted by atomic mass is 35.5. The zero-order valence-corrected chi connectivity index (χ0v) is 17.0. The summed E-state index contributed by atoms with van der Waals surface area (Å²) in [5.74, 6) is 0. The molecule has 28 heavy (non-hydrogen) atoms. The van der Waals surface area contributed by atoms with Gasteiger partial charge in [-0.2, -0.15) is 4.68 Å². The average Bonchev–Trinajstić information content (AvgIpc) is 3.07. The van der Waals surface area contributed by atoms with E-state index in [0.29, 0.717) is 23.8 Å². The van der Waals surface area contributed by atoms with Crippen LogP contribution in [0.4, 0.5) is 4.79 Å². The van der Waals surface area contributed by atoms with Crippen LogP contribution in [0.5, 0.6) is 0 Å². The minimum absolute atomic E-state index is 0.360. The molecule has 0 saturated carbocycles. The fraction of sp³-hybridized carbons (Fsp3) is 0.400. The normalized spacial score (nSPS) is 11.5. The van der Waals surface area contributed by atoms with Crippen LogP contribution < -0.4 is 5.69 Å². The zero-order chi connectivity index (χ0) is 20.4. The highest BCUT2D eigenvalue weighted by Gasteiger charge is 2.21. The second-order valence-electron chi connectivity index (χ2n) is 6.22. The summed E-state index contributed by atoms with van der Waals surface area (Å²) < 4.78 is 1.83. The fourth-order valence-electron chi connectivity index (χ4n) is 2.68. The Hall–Kier alpha value is -2.67. The molecule has 0 N–H and O–H groups in total. The summed E-state index contributed by atoms with van der Waals surface area (Å²) in [4.78, 5) is 27.1. The number of hydrogen-bond acceptors (Lipinski definition) is 4. The third-order valence-corrected chi connectivity index (χ3v) is 4.40. The van der Waals surface area contributed by atoms with Crippen LogP contribution in [-0.4, -0.2) is 43.8 Å². The highest BCUT2D eigenvalue weighted by molar-refractivity contribution is 6.32. The monoisotopic (exact) mass is 403 g/mol. The van der Waals surface area contributed by atoms with Gasteiger partial charge in [0.1, 0.15) is 0 Å². The number of halogens is 1. The quantitative estimate of drug-likeness (QED) is 0.359. The van der Waals surface area contributed by atoms with E-state index in [4.69, 9.17) is 11.6 Å². The highest BCUT2D eigenvalue weighted by Crippen LogP contribution is 2.16. The number of hydrogen-bond donors (Lipinski definition) is 0. The molecule has 2 rings (SSSR count). The van der Waals surface area contributed by atoms with Crippen LogP contribution in [0.15, 0.2) is 53.4 Å². The number of benzene rings is 1. The molecule has 0 bridgehead atoms. The lowest BCUT2D eigenvalue weighted by Crippen LogP contribution is -2.41. The molecule has 0 radical (unpaired) electrons. The second-order valence-corrected chi connectivity index (χ2v) is 6.63. The van der Waals surface area contributed by atoms with Gasteiger partial charge in [-0.1, -0.05) is 55.0 Å². The SMILES string of the molecule is C/C=C/C/C=C/CCCN(CCC)C(=O)n1nnn(-c2ccccc2Cl)c1=O. The minimum Gasteiger partial charge on any atom is -0.323 e. The van der Waals surface area contributed by atoms with Gasteiger partial charge in [0.2, 0.25) is 0 Å². The first-order chi connectivity index (χ1) is 13.6. The summed E-state index contributed by atoms with van der Waals surface area (Å²) in [5, 5.41) is 7.94. The van der Waals surface area contributed by atoms with Gasteiger partial charge >= 0.3 is 11.7 Å². The molecule has 150 valence electrons. The summed E-state index contributed by atoms with van der Waals surface area (Å²) in [6.45, 7) is 5.07. The van der Waals surface area contributed by atoms with Gasteiger partial charge in [0, 0.05) is 13.1 Å². The van der Waals surface area contributed by atoms with Crippen molar-refractivity contribution in [3.63, 3.8) is 0 Å². The van der Waals surface area contributed by atoms with Crippen molar-refractivity contribution in [2.24, 2.45) is 0 Å². The third kappa shape index (κ3) is 5.66. The molecule has 0 fully saturated rings. The van der Waals surface area contributed by atoms with E-state index in [9.17, 15) is 9.59 Å². The predicted molar refractivity (Wildman–Crippen MR) is 111 cm³/mol. The first kappa shape index (κ1) is 21.6. The average molecular weight is 404 g/mol. The standard InChI is InChI=1S/C20H26ClN5O2/c1-3-5-6-7-8-9-12-16-24(15-4-2)19(27)26-20(28)25(22-23-26)18-14-11-10-13-17(18)21/h3,5,7-8,10-11,13-14H,4,6,9,12,15-16H2,1-2H3/b5-3+,8-7+. The molecule has 0 aliphatic carbocycles. The Kier molecular flexibility index (Phi) is 8.68. The Morgan fingerprint density at radius 1 is 1.18 bits per heavy atom. The van der Waals surface area contributed by atoms with E-state index in [1.165, 1.54) is 0 Å². The smallest absolute Gasteiger partial charge is 0.323 e. The lowest BCUT2D eigenvalue weighted by atomic mass is 10.2. The van der Waals surface area contributed by atoms with Crippen LogP contribution in [0.2, 0.25) is 5.02 Å². The van der Waals surface area contributed by atoms with Gasteiger partial charge in [-0.25, -0.2) is 9.59 Å². The number of amides is 1. The van der Waals surface area contributed by atoms with Gasteiger partial charge in [-0.15, -0.1) is 4.68 Å². The first-order valence-corrected chi connectivity index (χ1v) is 9.83.